The number of aromatic nitrogens is 2. The van der Waals surface area contributed by atoms with Crippen LogP contribution in [0.25, 0.3) is 10.9 Å². The lowest BCUT2D eigenvalue weighted by molar-refractivity contribution is -0.116. The number of ether oxygens (including phenoxy) is 1. The summed E-state index contributed by atoms with van der Waals surface area (Å²) in [5.74, 6) is -0.200. The van der Waals surface area contributed by atoms with Crippen molar-refractivity contribution in [2.24, 2.45) is 0 Å². The molecule has 8 heteroatoms. The highest BCUT2D eigenvalue weighted by Crippen LogP contribution is 2.30. The van der Waals surface area contributed by atoms with Crippen LogP contribution in [-0.4, -0.2) is 35.2 Å². The number of benzene rings is 2. The Bertz CT molecular complexity index is 1200. The predicted molar refractivity (Wildman–Crippen MR) is 114 cm³/mol. The zero-order chi connectivity index (χ0) is 21.3. The molecule has 0 unspecified atom stereocenters. The van der Waals surface area contributed by atoms with E-state index in [1.165, 1.54) is 18.0 Å². The van der Waals surface area contributed by atoms with Gasteiger partial charge in [-0.1, -0.05) is 12.1 Å². The van der Waals surface area contributed by atoms with Crippen molar-refractivity contribution in [2.75, 3.05) is 23.9 Å². The molecule has 2 aromatic carbocycles. The minimum Gasteiger partial charge on any atom is -0.452 e. The van der Waals surface area contributed by atoms with Crippen LogP contribution in [0.5, 0.6) is 0 Å². The quantitative estimate of drug-likeness (QED) is 0.719. The van der Waals surface area contributed by atoms with Crippen LogP contribution in [0.15, 0.2) is 47.5 Å². The van der Waals surface area contributed by atoms with Gasteiger partial charge in [-0.15, -0.1) is 0 Å². The highest BCUT2D eigenvalue weighted by molar-refractivity contribution is 5.93. The predicted octanol–water partition coefficient (Wildman–Crippen LogP) is 2.86. The molecule has 0 spiro atoms. The summed E-state index contributed by atoms with van der Waals surface area (Å²) in [7, 11) is 1.35. The Labute approximate surface area is 173 Å². The molecule has 0 fully saturated rings. The average molecular weight is 406 g/mol. The van der Waals surface area contributed by atoms with E-state index in [-0.39, 0.29) is 24.4 Å². The summed E-state index contributed by atoms with van der Waals surface area (Å²) in [5.41, 5.74) is 3.90. The third kappa shape index (κ3) is 3.63. The Morgan fingerprint density at radius 1 is 1.23 bits per heavy atom. The molecule has 1 aliphatic heterocycles. The van der Waals surface area contributed by atoms with Gasteiger partial charge in [-0.25, -0.2) is 9.78 Å². The van der Waals surface area contributed by atoms with Crippen LogP contribution in [0.1, 0.15) is 17.5 Å². The number of hydrogen-bond donors (Lipinski definition) is 1. The molecule has 0 saturated heterocycles. The first-order valence-electron chi connectivity index (χ1n) is 9.71. The van der Waals surface area contributed by atoms with Gasteiger partial charge < -0.3 is 10.1 Å². The van der Waals surface area contributed by atoms with Crippen LogP contribution in [0, 0.1) is 6.92 Å². The molecule has 1 aliphatic rings. The van der Waals surface area contributed by atoms with Gasteiger partial charge in [0.15, 0.2) is 0 Å². The van der Waals surface area contributed by atoms with Crippen molar-refractivity contribution in [2.45, 2.75) is 26.3 Å². The van der Waals surface area contributed by atoms with E-state index in [1.807, 2.05) is 25.1 Å². The van der Waals surface area contributed by atoms with E-state index < -0.39 is 6.09 Å². The van der Waals surface area contributed by atoms with E-state index in [1.54, 1.807) is 23.1 Å². The van der Waals surface area contributed by atoms with Gasteiger partial charge in [0.2, 0.25) is 5.91 Å². The lowest BCUT2D eigenvalue weighted by Gasteiger charge is -2.15. The first-order chi connectivity index (χ1) is 14.5. The molecular weight excluding hydrogens is 384 g/mol. The van der Waals surface area contributed by atoms with E-state index in [4.69, 9.17) is 4.74 Å². The SMILES string of the molecule is COC(=O)N1CCc2cc(NC(=O)CCn3cnc4c(C)cccc4c3=O)ccc21. The molecule has 154 valence electrons. The molecule has 0 bridgehead atoms. The fraction of sp³-hybridized carbons (Fsp3) is 0.273. The number of carbonyl (C=O) groups is 2. The van der Waals surface area contributed by atoms with E-state index in [0.29, 0.717) is 29.6 Å². The number of methoxy groups -OCH3 is 1. The average Bonchev–Trinajstić information content (AvgIpc) is 3.16. The Kier molecular flexibility index (Phi) is 5.22. The maximum atomic E-state index is 12.6. The normalized spacial score (nSPS) is 12.7. The zero-order valence-electron chi connectivity index (χ0n) is 16.8. The van der Waals surface area contributed by atoms with E-state index in [0.717, 1.165) is 16.8 Å². The molecule has 2 heterocycles. The Morgan fingerprint density at radius 3 is 2.87 bits per heavy atom. The van der Waals surface area contributed by atoms with Gasteiger partial charge in [0, 0.05) is 25.2 Å². The first kappa shape index (κ1) is 19.6. The fourth-order valence-electron chi connectivity index (χ4n) is 3.72. The van der Waals surface area contributed by atoms with Crippen molar-refractivity contribution in [3.63, 3.8) is 0 Å². The summed E-state index contributed by atoms with van der Waals surface area (Å²) in [6.45, 7) is 2.70. The van der Waals surface area contributed by atoms with Gasteiger partial charge in [-0.3, -0.25) is 19.1 Å². The molecular formula is C22H22N4O4. The van der Waals surface area contributed by atoms with Gasteiger partial charge in [0.25, 0.3) is 5.56 Å². The highest BCUT2D eigenvalue weighted by Gasteiger charge is 2.25. The molecule has 0 atom stereocenters. The summed E-state index contributed by atoms with van der Waals surface area (Å²) in [6, 6.07) is 10.9. The summed E-state index contributed by atoms with van der Waals surface area (Å²) in [5, 5.41) is 3.40. The van der Waals surface area contributed by atoms with Gasteiger partial charge in [-0.2, -0.15) is 0 Å². The number of nitrogens with zero attached hydrogens (tertiary/aromatic N) is 3. The molecule has 30 heavy (non-hydrogen) atoms. The van der Waals surface area contributed by atoms with Crippen LogP contribution < -0.4 is 15.8 Å². The van der Waals surface area contributed by atoms with Crippen LogP contribution in [0.4, 0.5) is 16.2 Å². The van der Waals surface area contributed by atoms with Crippen molar-refractivity contribution in [1.82, 2.24) is 9.55 Å². The van der Waals surface area contributed by atoms with Crippen molar-refractivity contribution < 1.29 is 14.3 Å². The molecule has 1 aromatic heterocycles. The zero-order valence-corrected chi connectivity index (χ0v) is 16.8. The number of anilines is 2. The maximum Gasteiger partial charge on any atom is 0.414 e. The minimum atomic E-state index is -0.393. The summed E-state index contributed by atoms with van der Waals surface area (Å²) in [6.07, 6.45) is 1.94. The standard InChI is InChI=1S/C22H22N4O4/c1-14-4-3-5-17-20(14)23-13-25(21(17)28)10-9-19(27)24-16-6-7-18-15(12-16)8-11-26(18)22(29)30-2/h3-7,12-13H,8-11H2,1-2H3,(H,24,27). The summed E-state index contributed by atoms with van der Waals surface area (Å²) < 4.78 is 6.24. The number of carbonyl (C=O) groups excluding carboxylic acids is 2. The summed E-state index contributed by atoms with van der Waals surface area (Å²) >= 11 is 0. The number of aryl methyl sites for hydroxylation is 2. The number of nitrogens with one attached hydrogen (secondary N) is 1. The Balaban J connectivity index is 1.43. The largest absolute Gasteiger partial charge is 0.452 e. The molecule has 0 saturated carbocycles. The Morgan fingerprint density at radius 2 is 2.07 bits per heavy atom. The van der Waals surface area contributed by atoms with Crippen molar-refractivity contribution in [3.05, 3.63) is 64.2 Å². The first-order valence-corrected chi connectivity index (χ1v) is 9.71. The van der Waals surface area contributed by atoms with Gasteiger partial charge in [0.05, 0.1) is 30.0 Å². The van der Waals surface area contributed by atoms with Crippen LogP contribution in [0.2, 0.25) is 0 Å². The van der Waals surface area contributed by atoms with Gasteiger partial charge >= 0.3 is 6.09 Å². The fourth-order valence-corrected chi connectivity index (χ4v) is 3.72. The topological polar surface area (TPSA) is 93.5 Å². The molecule has 4 rings (SSSR count). The van der Waals surface area contributed by atoms with E-state index in [9.17, 15) is 14.4 Å². The van der Waals surface area contributed by atoms with Crippen molar-refractivity contribution in [1.29, 1.82) is 0 Å². The lowest BCUT2D eigenvalue weighted by atomic mass is 10.1. The number of rotatable bonds is 4. The van der Waals surface area contributed by atoms with Gasteiger partial charge in [-0.05, 0) is 48.7 Å². The minimum absolute atomic E-state index is 0.143. The van der Waals surface area contributed by atoms with E-state index in [2.05, 4.69) is 10.3 Å². The number of para-hydroxylation sites is 1. The summed E-state index contributed by atoms with van der Waals surface area (Å²) in [4.78, 5) is 42.8. The number of hydrogen-bond acceptors (Lipinski definition) is 5. The molecule has 2 amide bonds. The second-order valence-electron chi connectivity index (χ2n) is 7.23. The van der Waals surface area contributed by atoms with Crippen molar-refractivity contribution >= 4 is 34.3 Å². The monoisotopic (exact) mass is 406 g/mol. The smallest absolute Gasteiger partial charge is 0.414 e. The third-order valence-corrected chi connectivity index (χ3v) is 5.29. The third-order valence-electron chi connectivity index (χ3n) is 5.29. The number of amides is 2. The van der Waals surface area contributed by atoms with E-state index >= 15 is 0 Å². The molecule has 1 N–H and O–H groups in total. The highest BCUT2D eigenvalue weighted by atomic mass is 16.5. The van der Waals surface area contributed by atoms with Crippen molar-refractivity contribution in [3.8, 4) is 0 Å². The number of fused-ring (bicyclic) bond motifs is 2. The molecule has 0 aliphatic carbocycles. The molecule has 8 nitrogen and oxygen atoms in total. The maximum absolute atomic E-state index is 12.6. The second kappa shape index (κ2) is 7.98. The Hall–Kier alpha value is -3.68. The van der Waals surface area contributed by atoms with Crippen LogP contribution in [0.3, 0.4) is 0 Å². The molecule has 3 aromatic rings. The lowest BCUT2D eigenvalue weighted by Crippen LogP contribution is -2.28. The molecule has 0 radical (unpaired) electrons. The second-order valence-corrected chi connectivity index (χ2v) is 7.23. The van der Waals surface area contributed by atoms with Crippen LogP contribution in [-0.2, 0) is 22.5 Å². The van der Waals surface area contributed by atoms with Gasteiger partial charge in [0.1, 0.15) is 0 Å². The van der Waals surface area contributed by atoms with Crippen LogP contribution >= 0.6 is 0 Å².